The fraction of sp³-hybridized carbons (Fsp3) is 0.556. The third kappa shape index (κ3) is 0.709. The van der Waals surface area contributed by atoms with Gasteiger partial charge in [-0.1, -0.05) is 0 Å². The minimum atomic E-state index is 0.716. The highest BCUT2D eigenvalue weighted by atomic mass is 15.2. The van der Waals surface area contributed by atoms with Crippen molar-refractivity contribution in [3.63, 3.8) is 0 Å². The molecule has 0 saturated carbocycles. The molecular weight excluding hydrogens is 150 g/mol. The van der Waals surface area contributed by atoms with Gasteiger partial charge in [0.15, 0.2) is 0 Å². The third-order valence-corrected chi connectivity index (χ3v) is 2.95. The topological polar surface area (TPSA) is 29.0 Å². The van der Waals surface area contributed by atoms with Gasteiger partial charge in [-0.05, 0) is 12.8 Å². The van der Waals surface area contributed by atoms with Gasteiger partial charge >= 0.3 is 0 Å². The Kier molecular flexibility index (Phi) is 1.17. The first-order valence-electron chi connectivity index (χ1n) is 4.50. The highest BCUT2D eigenvalue weighted by Gasteiger charge is 2.31. The predicted molar refractivity (Wildman–Crippen MR) is 46.2 cm³/mol. The van der Waals surface area contributed by atoms with Crippen LogP contribution in [0.5, 0.6) is 0 Å². The van der Waals surface area contributed by atoms with Gasteiger partial charge in [0.05, 0.1) is 17.6 Å². The minimum Gasteiger partial charge on any atom is -0.369 e. The smallest absolute Gasteiger partial charge is 0.115 e. The van der Waals surface area contributed by atoms with Crippen molar-refractivity contribution < 1.29 is 0 Å². The van der Waals surface area contributed by atoms with Gasteiger partial charge in [-0.3, -0.25) is 0 Å². The van der Waals surface area contributed by atoms with Crippen LogP contribution < -0.4 is 4.90 Å². The van der Waals surface area contributed by atoms with E-state index in [2.05, 4.69) is 14.9 Å². The molecule has 12 heavy (non-hydrogen) atoms. The maximum atomic E-state index is 4.35. The maximum Gasteiger partial charge on any atom is 0.115 e. The standard InChI is InChI=1S/C9H11N3/c1-3-12-4-2-7(1)9-8(12)5-10-6-11-9/h5-7H,1-4H2. The van der Waals surface area contributed by atoms with Gasteiger partial charge in [-0.2, -0.15) is 0 Å². The van der Waals surface area contributed by atoms with Crippen LogP contribution in [0.3, 0.4) is 0 Å². The van der Waals surface area contributed by atoms with Crippen LogP contribution in [0.2, 0.25) is 0 Å². The van der Waals surface area contributed by atoms with Gasteiger partial charge in [0, 0.05) is 19.0 Å². The number of piperidine rings is 1. The van der Waals surface area contributed by atoms with E-state index in [9.17, 15) is 0 Å². The van der Waals surface area contributed by atoms with Gasteiger partial charge in [-0.25, -0.2) is 9.97 Å². The average molecular weight is 161 g/mol. The summed E-state index contributed by atoms with van der Waals surface area (Å²) in [5.74, 6) is 0.716. The third-order valence-electron chi connectivity index (χ3n) is 2.95. The molecule has 3 heteroatoms. The first kappa shape index (κ1) is 6.40. The van der Waals surface area contributed by atoms with Gasteiger partial charge in [-0.15, -0.1) is 0 Å². The number of anilines is 1. The lowest BCUT2D eigenvalue weighted by Gasteiger charge is -2.40. The van der Waals surface area contributed by atoms with Crippen LogP contribution in [-0.2, 0) is 0 Å². The lowest BCUT2D eigenvalue weighted by Crippen LogP contribution is -2.39. The molecule has 4 rings (SSSR count). The Morgan fingerprint density at radius 1 is 1.33 bits per heavy atom. The van der Waals surface area contributed by atoms with E-state index < -0.39 is 0 Å². The Morgan fingerprint density at radius 3 is 2.92 bits per heavy atom. The van der Waals surface area contributed by atoms with Crippen LogP contribution in [0.1, 0.15) is 24.5 Å². The Balaban J connectivity index is 2.19. The van der Waals surface area contributed by atoms with Crippen molar-refractivity contribution in [3.05, 3.63) is 18.2 Å². The summed E-state index contributed by atoms with van der Waals surface area (Å²) in [4.78, 5) is 10.8. The first-order valence-corrected chi connectivity index (χ1v) is 4.50. The molecule has 4 heterocycles. The second kappa shape index (κ2) is 2.19. The fourth-order valence-corrected chi connectivity index (χ4v) is 2.28. The van der Waals surface area contributed by atoms with Crippen molar-refractivity contribution in [2.24, 2.45) is 0 Å². The maximum absolute atomic E-state index is 4.35. The fourth-order valence-electron chi connectivity index (χ4n) is 2.28. The molecule has 0 radical (unpaired) electrons. The van der Waals surface area contributed by atoms with Crippen LogP contribution in [0.25, 0.3) is 0 Å². The number of hydrogen-bond donors (Lipinski definition) is 0. The van der Waals surface area contributed by atoms with Gasteiger partial charge < -0.3 is 4.90 Å². The Morgan fingerprint density at radius 2 is 2.17 bits per heavy atom. The SMILES string of the molecule is c1ncc2c(n1)C1CCN2CC1. The first-order chi connectivity index (χ1) is 5.95. The molecule has 1 saturated heterocycles. The lowest BCUT2D eigenvalue weighted by molar-refractivity contribution is 0.462. The van der Waals surface area contributed by atoms with E-state index in [1.807, 2.05) is 6.20 Å². The van der Waals surface area contributed by atoms with Crippen LogP contribution >= 0.6 is 0 Å². The molecule has 0 amide bonds. The molecule has 0 N–H and O–H groups in total. The van der Waals surface area contributed by atoms with Gasteiger partial charge in [0.1, 0.15) is 6.33 Å². The zero-order valence-electron chi connectivity index (χ0n) is 6.90. The molecule has 3 aliphatic heterocycles. The van der Waals surface area contributed by atoms with Crippen molar-refractivity contribution in [3.8, 4) is 0 Å². The molecule has 1 fully saturated rings. The summed E-state index contributed by atoms with van der Waals surface area (Å²) in [6.07, 6.45) is 6.18. The van der Waals surface area contributed by atoms with E-state index in [4.69, 9.17) is 0 Å². The van der Waals surface area contributed by atoms with Crippen molar-refractivity contribution >= 4 is 5.69 Å². The molecule has 3 nitrogen and oxygen atoms in total. The van der Waals surface area contributed by atoms with Gasteiger partial charge in [0.2, 0.25) is 0 Å². The summed E-state index contributed by atoms with van der Waals surface area (Å²) >= 11 is 0. The summed E-state index contributed by atoms with van der Waals surface area (Å²) in [6.45, 7) is 2.40. The second-order valence-electron chi connectivity index (χ2n) is 3.55. The molecular formula is C9H11N3. The quantitative estimate of drug-likeness (QED) is 0.572. The molecule has 0 spiro atoms. The van der Waals surface area contributed by atoms with Crippen LogP contribution in [0, 0.1) is 0 Å². The van der Waals surface area contributed by atoms with Crippen molar-refractivity contribution in [1.82, 2.24) is 9.97 Å². The summed E-state index contributed by atoms with van der Waals surface area (Å²) < 4.78 is 0. The Hall–Kier alpha value is -1.12. The Labute approximate surface area is 71.4 Å². The molecule has 0 aromatic carbocycles. The number of hydrogen-bond acceptors (Lipinski definition) is 3. The van der Waals surface area contributed by atoms with E-state index in [0.29, 0.717) is 5.92 Å². The van der Waals surface area contributed by atoms with E-state index in [1.54, 1.807) is 6.33 Å². The van der Waals surface area contributed by atoms with Crippen molar-refractivity contribution in [2.75, 3.05) is 18.0 Å². The van der Waals surface area contributed by atoms with Crippen molar-refractivity contribution in [2.45, 2.75) is 18.8 Å². The number of aromatic nitrogens is 2. The highest BCUT2D eigenvalue weighted by Crippen LogP contribution is 2.39. The molecule has 0 unspecified atom stereocenters. The summed E-state index contributed by atoms with van der Waals surface area (Å²) in [5, 5.41) is 0. The normalized spacial score (nSPS) is 21.2. The Bertz CT molecular complexity index is 271. The van der Waals surface area contributed by atoms with Crippen LogP contribution in [-0.4, -0.2) is 23.1 Å². The summed E-state index contributed by atoms with van der Waals surface area (Å²) in [5.41, 5.74) is 2.56. The monoisotopic (exact) mass is 161 g/mol. The predicted octanol–water partition coefficient (Wildman–Crippen LogP) is 1.17. The van der Waals surface area contributed by atoms with Crippen LogP contribution in [0.4, 0.5) is 5.69 Å². The van der Waals surface area contributed by atoms with E-state index in [-0.39, 0.29) is 0 Å². The van der Waals surface area contributed by atoms with E-state index in [0.717, 1.165) is 0 Å². The van der Waals surface area contributed by atoms with Crippen molar-refractivity contribution in [1.29, 1.82) is 0 Å². The second-order valence-corrected chi connectivity index (χ2v) is 3.55. The molecule has 0 atom stereocenters. The molecule has 2 bridgehead atoms. The van der Waals surface area contributed by atoms with E-state index in [1.165, 1.54) is 37.3 Å². The minimum absolute atomic E-state index is 0.716. The lowest BCUT2D eigenvalue weighted by atomic mass is 9.87. The molecule has 3 aliphatic rings. The largest absolute Gasteiger partial charge is 0.369 e. The summed E-state index contributed by atoms with van der Waals surface area (Å²) in [6, 6.07) is 0. The zero-order chi connectivity index (χ0) is 7.97. The number of rotatable bonds is 0. The molecule has 1 aromatic rings. The number of fused-ring (bicyclic) bond motifs is 2. The zero-order valence-corrected chi connectivity index (χ0v) is 6.90. The molecule has 62 valence electrons. The summed E-state index contributed by atoms with van der Waals surface area (Å²) in [7, 11) is 0. The number of nitrogens with zero attached hydrogens (tertiary/aromatic N) is 3. The van der Waals surface area contributed by atoms with Gasteiger partial charge in [0.25, 0.3) is 0 Å². The molecule has 1 aromatic heterocycles. The average Bonchev–Trinajstić information content (AvgIpc) is 2.20. The van der Waals surface area contributed by atoms with E-state index >= 15 is 0 Å². The van der Waals surface area contributed by atoms with Crippen LogP contribution in [0.15, 0.2) is 12.5 Å². The highest BCUT2D eigenvalue weighted by molar-refractivity contribution is 5.54. The molecule has 0 aliphatic carbocycles.